The summed E-state index contributed by atoms with van der Waals surface area (Å²) in [6.45, 7) is 0. The van der Waals surface area contributed by atoms with Crippen molar-refractivity contribution in [1.82, 2.24) is 0 Å². The third kappa shape index (κ3) is 5.74. The third-order valence-electron chi connectivity index (χ3n) is 1.38. The molecule has 1 aromatic carbocycles. The van der Waals surface area contributed by atoms with Gasteiger partial charge in [-0.3, -0.25) is 0 Å². The number of alkyl halides is 3. The van der Waals surface area contributed by atoms with E-state index in [4.69, 9.17) is 11.6 Å². The average Bonchev–Trinajstić information content (AvgIpc) is 2.14. The molecule has 5 heteroatoms. The van der Waals surface area contributed by atoms with Crippen LogP contribution >= 0.6 is 11.6 Å². The Labute approximate surface area is 97.0 Å². The van der Waals surface area contributed by atoms with E-state index in [1.807, 2.05) is 0 Å². The number of rotatable bonds is 1. The van der Waals surface area contributed by atoms with Crippen molar-refractivity contribution in [1.29, 1.82) is 0 Å². The van der Waals surface area contributed by atoms with Crippen molar-refractivity contribution in [2.75, 3.05) is 0 Å². The molecule has 0 radical (unpaired) electrons. The number of halogens is 4. The molecule has 80 valence electrons. The van der Waals surface area contributed by atoms with E-state index >= 15 is 0 Å². The van der Waals surface area contributed by atoms with E-state index in [1.54, 1.807) is 24.3 Å². The van der Waals surface area contributed by atoms with Crippen molar-refractivity contribution in [2.24, 2.45) is 0 Å². The fourth-order valence-electron chi connectivity index (χ4n) is 0.789. The van der Waals surface area contributed by atoms with Crippen molar-refractivity contribution in [3.05, 3.63) is 34.9 Å². The van der Waals surface area contributed by atoms with Gasteiger partial charge in [0, 0.05) is 0 Å². The Morgan fingerprint density at radius 1 is 1.20 bits per heavy atom. The molecule has 0 amide bonds. The maximum atomic E-state index is 11.8. The van der Waals surface area contributed by atoms with Gasteiger partial charge in [0.15, 0.2) is 0 Å². The van der Waals surface area contributed by atoms with E-state index in [0.29, 0.717) is 10.6 Å². The summed E-state index contributed by atoms with van der Waals surface area (Å²) in [5, 5.41) is -3.60. The van der Waals surface area contributed by atoms with E-state index < -0.39 is 20.0 Å². The molecule has 0 unspecified atom stereocenters. The van der Waals surface area contributed by atoms with Crippen molar-refractivity contribution in [2.45, 2.75) is 10.4 Å². The standard InChI is InChI=1S/C10H6ClF3Se/c11-9-5-3-8(4-6-9)2-1-7-15-10(12,13)14/h3-6H,7H2. The molecule has 1 rings (SSSR count). The molecule has 0 spiro atoms. The van der Waals surface area contributed by atoms with Crippen LogP contribution in [0.15, 0.2) is 24.3 Å². The summed E-state index contributed by atoms with van der Waals surface area (Å²) in [6.07, 6.45) is 0. The van der Waals surface area contributed by atoms with E-state index in [9.17, 15) is 13.2 Å². The zero-order valence-corrected chi connectivity index (χ0v) is 9.91. The van der Waals surface area contributed by atoms with Crippen LogP contribution < -0.4 is 0 Å². The normalized spacial score (nSPS) is 10.7. The first-order chi connectivity index (χ1) is 6.97. The molecule has 0 aromatic heterocycles. The Kier molecular flexibility index (Phi) is 4.53. The molecule has 0 aliphatic heterocycles. The maximum absolute atomic E-state index is 11.8. The quantitative estimate of drug-likeness (QED) is 0.551. The molecule has 0 heterocycles. The van der Waals surface area contributed by atoms with E-state index in [1.165, 1.54) is 0 Å². The SMILES string of the molecule is FC(F)(F)[Se]CC#Cc1ccc(Cl)cc1. The van der Waals surface area contributed by atoms with Crippen LogP contribution in [0.1, 0.15) is 5.56 Å². The predicted octanol–water partition coefficient (Wildman–Crippen LogP) is 3.33. The van der Waals surface area contributed by atoms with Crippen LogP contribution in [0, 0.1) is 11.8 Å². The first-order valence-corrected chi connectivity index (χ1v) is 6.37. The monoisotopic (exact) mass is 298 g/mol. The minimum atomic E-state index is -4.07. The number of hydrogen-bond acceptors (Lipinski definition) is 0. The predicted molar refractivity (Wildman–Crippen MR) is 54.9 cm³/mol. The average molecular weight is 298 g/mol. The van der Waals surface area contributed by atoms with Crippen molar-refractivity contribution >= 4 is 26.6 Å². The Morgan fingerprint density at radius 3 is 2.33 bits per heavy atom. The van der Waals surface area contributed by atoms with Gasteiger partial charge >= 0.3 is 96.8 Å². The second kappa shape index (κ2) is 5.46. The summed E-state index contributed by atoms with van der Waals surface area (Å²) in [7, 11) is 0. The number of hydrogen-bond donors (Lipinski definition) is 0. The summed E-state index contributed by atoms with van der Waals surface area (Å²) in [6, 6.07) is 6.66. The first kappa shape index (κ1) is 12.4. The Hall–Kier alpha value is -0.621. The van der Waals surface area contributed by atoms with Crippen molar-refractivity contribution in [3.8, 4) is 11.8 Å². The van der Waals surface area contributed by atoms with Gasteiger partial charge in [-0.05, 0) is 0 Å². The van der Waals surface area contributed by atoms with Gasteiger partial charge in [0.1, 0.15) is 0 Å². The summed E-state index contributed by atoms with van der Waals surface area (Å²) < 4.78 is 35.3. The van der Waals surface area contributed by atoms with E-state index in [0.717, 1.165) is 0 Å². The van der Waals surface area contributed by atoms with Crippen LogP contribution in [-0.4, -0.2) is 20.0 Å². The molecule has 0 aliphatic carbocycles. The molecule has 15 heavy (non-hydrogen) atoms. The first-order valence-electron chi connectivity index (χ1n) is 3.92. The Balaban J connectivity index is 2.48. The van der Waals surface area contributed by atoms with Gasteiger partial charge in [-0.1, -0.05) is 0 Å². The van der Waals surface area contributed by atoms with E-state index in [2.05, 4.69) is 11.8 Å². The van der Waals surface area contributed by atoms with Gasteiger partial charge in [0.05, 0.1) is 0 Å². The Morgan fingerprint density at radius 2 is 1.80 bits per heavy atom. The fourth-order valence-corrected chi connectivity index (χ4v) is 1.56. The molecule has 0 aliphatic rings. The van der Waals surface area contributed by atoms with Gasteiger partial charge in [0.2, 0.25) is 0 Å². The van der Waals surface area contributed by atoms with E-state index in [-0.39, 0.29) is 5.32 Å². The van der Waals surface area contributed by atoms with Crippen molar-refractivity contribution < 1.29 is 13.2 Å². The molecule has 0 atom stereocenters. The van der Waals surface area contributed by atoms with Crippen LogP contribution in [-0.2, 0) is 0 Å². The number of benzene rings is 1. The van der Waals surface area contributed by atoms with Crippen LogP contribution in [0.4, 0.5) is 13.2 Å². The molecule has 0 saturated heterocycles. The van der Waals surface area contributed by atoms with Crippen LogP contribution in [0.5, 0.6) is 0 Å². The molecule has 0 fully saturated rings. The topological polar surface area (TPSA) is 0 Å². The van der Waals surface area contributed by atoms with Crippen LogP contribution in [0.2, 0.25) is 10.3 Å². The second-order valence-corrected chi connectivity index (χ2v) is 5.16. The molecular formula is C10H6ClF3Se. The van der Waals surface area contributed by atoms with Crippen LogP contribution in [0.3, 0.4) is 0 Å². The summed E-state index contributed by atoms with van der Waals surface area (Å²) in [4.78, 5) is 0. The zero-order chi connectivity index (χ0) is 11.3. The molecule has 1 aromatic rings. The second-order valence-electron chi connectivity index (χ2n) is 2.54. The third-order valence-corrected chi connectivity index (χ3v) is 2.93. The van der Waals surface area contributed by atoms with Gasteiger partial charge in [0.25, 0.3) is 0 Å². The molecular weight excluding hydrogens is 292 g/mol. The van der Waals surface area contributed by atoms with Crippen LogP contribution in [0.25, 0.3) is 0 Å². The molecule has 0 N–H and O–H groups in total. The zero-order valence-electron chi connectivity index (χ0n) is 7.44. The Bertz CT molecular complexity index is 372. The summed E-state index contributed by atoms with van der Waals surface area (Å²) >= 11 is 4.23. The van der Waals surface area contributed by atoms with Gasteiger partial charge in [-0.2, -0.15) is 0 Å². The van der Waals surface area contributed by atoms with Gasteiger partial charge < -0.3 is 0 Å². The van der Waals surface area contributed by atoms with Gasteiger partial charge in [-0.25, -0.2) is 0 Å². The summed E-state index contributed by atoms with van der Waals surface area (Å²) in [5.41, 5.74) is 0.678. The van der Waals surface area contributed by atoms with Crippen molar-refractivity contribution in [3.63, 3.8) is 0 Å². The molecule has 0 nitrogen and oxygen atoms in total. The van der Waals surface area contributed by atoms with Gasteiger partial charge in [-0.15, -0.1) is 0 Å². The minimum absolute atomic E-state index is 0.112. The summed E-state index contributed by atoms with van der Waals surface area (Å²) in [5.74, 6) is 5.14. The molecule has 0 saturated carbocycles. The fraction of sp³-hybridized carbons (Fsp3) is 0.200. The molecule has 0 bridgehead atoms.